The van der Waals surface area contributed by atoms with Crippen LogP contribution in [0.2, 0.25) is 0 Å². The van der Waals surface area contributed by atoms with Gasteiger partial charge in [-0.05, 0) is 32.8 Å². The van der Waals surface area contributed by atoms with Gasteiger partial charge in [0, 0.05) is 31.1 Å². The quantitative estimate of drug-likeness (QED) is 0.843. The van der Waals surface area contributed by atoms with Gasteiger partial charge in [0.25, 0.3) is 0 Å². The number of fused-ring (bicyclic) bond motifs is 1. The van der Waals surface area contributed by atoms with E-state index in [0.717, 1.165) is 43.7 Å². The molecule has 0 radical (unpaired) electrons. The van der Waals surface area contributed by atoms with Gasteiger partial charge in [0.15, 0.2) is 0 Å². The average Bonchev–Trinajstić information content (AvgIpc) is 2.39. The maximum absolute atomic E-state index is 10.4. The molecule has 0 bridgehead atoms. The molecule has 1 aromatic carbocycles. The van der Waals surface area contributed by atoms with E-state index in [1.165, 1.54) is 0 Å². The van der Waals surface area contributed by atoms with Crippen LogP contribution in [0.25, 0.3) is 0 Å². The zero-order valence-electron chi connectivity index (χ0n) is 11.8. The number of nitrogens with zero attached hydrogens (tertiary/aromatic N) is 1. The molecule has 1 fully saturated rings. The molecule has 0 saturated carbocycles. The molecule has 2 aliphatic heterocycles. The van der Waals surface area contributed by atoms with E-state index in [1.54, 1.807) is 0 Å². The lowest BCUT2D eigenvalue weighted by atomic mass is 9.81. The molecule has 1 saturated heterocycles. The van der Waals surface area contributed by atoms with Gasteiger partial charge in [-0.1, -0.05) is 18.2 Å². The van der Waals surface area contributed by atoms with E-state index in [0.29, 0.717) is 6.04 Å². The van der Waals surface area contributed by atoms with E-state index in [4.69, 9.17) is 4.74 Å². The normalized spacial score (nSPS) is 26.2. The predicted octanol–water partition coefficient (Wildman–Crippen LogP) is 2.75. The van der Waals surface area contributed by atoms with Crippen LogP contribution in [0.15, 0.2) is 24.3 Å². The monoisotopic (exact) mass is 261 g/mol. The van der Waals surface area contributed by atoms with Gasteiger partial charge in [-0.15, -0.1) is 0 Å². The highest BCUT2D eigenvalue weighted by molar-refractivity contribution is 5.38. The van der Waals surface area contributed by atoms with Gasteiger partial charge in [0.1, 0.15) is 11.4 Å². The zero-order valence-corrected chi connectivity index (χ0v) is 11.8. The number of piperidine rings is 1. The molecule has 0 aromatic heterocycles. The standard InChI is InChI=1S/C16H23NO2/c1-12(2)17-9-7-16(8-10-17)11-14(18)13-5-3-4-6-15(13)19-16/h3-6,12,14,18H,7-11H2,1-2H3. The number of ether oxygens (including phenoxy) is 1. The summed E-state index contributed by atoms with van der Waals surface area (Å²) in [6.45, 7) is 6.60. The Morgan fingerprint density at radius 3 is 2.63 bits per heavy atom. The minimum absolute atomic E-state index is 0.154. The van der Waals surface area contributed by atoms with Gasteiger partial charge >= 0.3 is 0 Å². The third kappa shape index (κ3) is 2.37. The van der Waals surface area contributed by atoms with Gasteiger partial charge in [-0.25, -0.2) is 0 Å². The molecule has 3 rings (SSSR count). The summed E-state index contributed by atoms with van der Waals surface area (Å²) < 4.78 is 6.27. The van der Waals surface area contributed by atoms with Crippen molar-refractivity contribution in [3.63, 3.8) is 0 Å². The molecular weight excluding hydrogens is 238 g/mol. The van der Waals surface area contributed by atoms with Crippen molar-refractivity contribution in [3.8, 4) is 5.75 Å². The molecule has 3 heteroatoms. The van der Waals surface area contributed by atoms with E-state index >= 15 is 0 Å². The van der Waals surface area contributed by atoms with Crippen LogP contribution in [0.1, 0.15) is 44.8 Å². The molecular formula is C16H23NO2. The zero-order chi connectivity index (χ0) is 13.5. The van der Waals surface area contributed by atoms with Crippen molar-refractivity contribution in [1.29, 1.82) is 0 Å². The second-order valence-electron chi connectivity index (χ2n) is 6.17. The lowest BCUT2D eigenvalue weighted by molar-refractivity contribution is -0.0580. The SMILES string of the molecule is CC(C)N1CCC2(CC1)CC(O)c1ccccc1O2. The topological polar surface area (TPSA) is 32.7 Å². The molecule has 19 heavy (non-hydrogen) atoms. The first-order valence-electron chi connectivity index (χ1n) is 7.30. The summed E-state index contributed by atoms with van der Waals surface area (Å²) >= 11 is 0. The first-order chi connectivity index (χ1) is 9.10. The molecule has 1 atom stereocenters. The third-order valence-corrected chi connectivity index (χ3v) is 4.61. The highest BCUT2D eigenvalue weighted by Gasteiger charge is 2.42. The van der Waals surface area contributed by atoms with E-state index in [-0.39, 0.29) is 11.7 Å². The molecule has 1 spiro atoms. The first kappa shape index (κ1) is 12.9. The van der Waals surface area contributed by atoms with Crippen molar-refractivity contribution in [2.45, 2.75) is 50.9 Å². The number of likely N-dealkylation sites (tertiary alicyclic amines) is 1. The van der Waals surface area contributed by atoms with Crippen LogP contribution in [0, 0.1) is 0 Å². The van der Waals surface area contributed by atoms with E-state index in [1.807, 2.05) is 24.3 Å². The molecule has 2 aliphatic rings. The Balaban J connectivity index is 1.78. The molecule has 104 valence electrons. The summed E-state index contributed by atoms with van der Waals surface area (Å²) in [7, 11) is 0. The Labute approximate surface area is 115 Å². The lowest BCUT2D eigenvalue weighted by Gasteiger charge is -2.46. The van der Waals surface area contributed by atoms with Crippen LogP contribution in [-0.2, 0) is 0 Å². The smallest absolute Gasteiger partial charge is 0.125 e. The predicted molar refractivity (Wildman–Crippen MR) is 75.3 cm³/mol. The average molecular weight is 261 g/mol. The number of benzene rings is 1. The van der Waals surface area contributed by atoms with Crippen LogP contribution in [0.5, 0.6) is 5.75 Å². The third-order valence-electron chi connectivity index (χ3n) is 4.61. The van der Waals surface area contributed by atoms with Crippen LogP contribution < -0.4 is 4.74 Å². The van der Waals surface area contributed by atoms with Crippen LogP contribution in [0.3, 0.4) is 0 Å². The highest BCUT2D eigenvalue weighted by atomic mass is 16.5. The Bertz CT molecular complexity index is 450. The Morgan fingerprint density at radius 2 is 1.95 bits per heavy atom. The molecule has 3 nitrogen and oxygen atoms in total. The summed E-state index contributed by atoms with van der Waals surface area (Å²) in [5, 5.41) is 10.4. The van der Waals surface area contributed by atoms with Gasteiger partial charge in [-0.2, -0.15) is 0 Å². The van der Waals surface area contributed by atoms with Crippen molar-refractivity contribution >= 4 is 0 Å². The van der Waals surface area contributed by atoms with E-state index in [2.05, 4.69) is 18.7 Å². The molecule has 1 unspecified atom stereocenters. The summed E-state index contributed by atoms with van der Waals surface area (Å²) in [5.74, 6) is 0.874. The minimum atomic E-state index is -0.379. The first-order valence-corrected chi connectivity index (χ1v) is 7.30. The van der Waals surface area contributed by atoms with Gasteiger partial charge in [0.2, 0.25) is 0 Å². The number of rotatable bonds is 1. The van der Waals surface area contributed by atoms with Crippen molar-refractivity contribution < 1.29 is 9.84 Å². The Morgan fingerprint density at radius 1 is 1.26 bits per heavy atom. The molecule has 2 heterocycles. The summed E-state index contributed by atoms with van der Waals surface area (Å²) in [4.78, 5) is 2.49. The molecule has 0 amide bonds. The van der Waals surface area contributed by atoms with Crippen molar-refractivity contribution in [1.82, 2.24) is 4.90 Å². The highest BCUT2D eigenvalue weighted by Crippen LogP contribution is 2.44. The van der Waals surface area contributed by atoms with Crippen molar-refractivity contribution in [2.24, 2.45) is 0 Å². The maximum atomic E-state index is 10.4. The van der Waals surface area contributed by atoms with Crippen molar-refractivity contribution in [2.75, 3.05) is 13.1 Å². The fourth-order valence-electron chi connectivity index (χ4n) is 3.34. The minimum Gasteiger partial charge on any atom is -0.487 e. The summed E-state index contributed by atoms with van der Waals surface area (Å²) in [6.07, 6.45) is 2.37. The maximum Gasteiger partial charge on any atom is 0.125 e. The number of hydrogen-bond donors (Lipinski definition) is 1. The lowest BCUT2D eigenvalue weighted by Crippen LogP contribution is -2.51. The van der Waals surface area contributed by atoms with Crippen LogP contribution in [0.4, 0.5) is 0 Å². The second kappa shape index (κ2) is 4.80. The van der Waals surface area contributed by atoms with E-state index < -0.39 is 0 Å². The summed E-state index contributed by atoms with van der Waals surface area (Å²) in [6, 6.07) is 8.49. The number of aliphatic hydroxyl groups excluding tert-OH is 1. The number of hydrogen-bond acceptors (Lipinski definition) is 3. The fraction of sp³-hybridized carbons (Fsp3) is 0.625. The van der Waals surface area contributed by atoms with Crippen LogP contribution >= 0.6 is 0 Å². The fourth-order valence-corrected chi connectivity index (χ4v) is 3.34. The Hall–Kier alpha value is -1.06. The van der Waals surface area contributed by atoms with Crippen molar-refractivity contribution in [3.05, 3.63) is 29.8 Å². The molecule has 1 N–H and O–H groups in total. The van der Waals surface area contributed by atoms with Gasteiger partial charge in [0.05, 0.1) is 6.10 Å². The summed E-state index contributed by atoms with van der Waals surface area (Å²) in [5.41, 5.74) is 0.790. The van der Waals surface area contributed by atoms with Gasteiger partial charge in [-0.3, -0.25) is 0 Å². The number of aliphatic hydroxyl groups is 1. The number of para-hydroxylation sites is 1. The molecule has 1 aromatic rings. The van der Waals surface area contributed by atoms with E-state index in [9.17, 15) is 5.11 Å². The Kier molecular flexibility index (Phi) is 3.27. The van der Waals surface area contributed by atoms with Crippen LogP contribution in [-0.4, -0.2) is 34.7 Å². The molecule has 0 aliphatic carbocycles. The van der Waals surface area contributed by atoms with Gasteiger partial charge < -0.3 is 14.7 Å². The largest absolute Gasteiger partial charge is 0.487 e. The second-order valence-corrected chi connectivity index (χ2v) is 6.17.